The molecule has 0 saturated carbocycles. The first-order valence-electron chi connectivity index (χ1n) is 7.20. The minimum Gasteiger partial charge on any atom is -0.461 e. The van der Waals surface area contributed by atoms with Gasteiger partial charge in [0.1, 0.15) is 5.69 Å². The quantitative estimate of drug-likeness (QED) is 0.830. The van der Waals surface area contributed by atoms with Crippen molar-refractivity contribution >= 4 is 22.9 Å². The molecule has 3 heteroatoms. The minimum atomic E-state index is -0.276. The van der Waals surface area contributed by atoms with Crippen LogP contribution >= 0.6 is 0 Å². The molecule has 0 spiro atoms. The number of nitrogens with one attached hydrogen (secondary N) is 1. The van der Waals surface area contributed by atoms with Gasteiger partial charge in [0.15, 0.2) is 0 Å². The van der Waals surface area contributed by atoms with E-state index < -0.39 is 0 Å². The van der Waals surface area contributed by atoms with Gasteiger partial charge in [0.2, 0.25) is 0 Å². The molecule has 0 saturated heterocycles. The maximum absolute atomic E-state index is 11.9. The summed E-state index contributed by atoms with van der Waals surface area (Å²) >= 11 is 0. The highest BCUT2D eigenvalue weighted by molar-refractivity contribution is 6.02. The number of ether oxygens (including phenoxy) is 1. The van der Waals surface area contributed by atoms with Crippen LogP contribution in [0.3, 0.4) is 0 Å². The summed E-state index contributed by atoms with van der Waals surface area (Å²) in [5, 5.41) is 1.14. The zero-order chi connectivity index (χ0) is 14.7. The number of fused-ring (bicyclic) bond motifs is 3. The standard InChI is InChI=1S/C15H15NO2.C2H6/c1-3-18-15(17)14-9(2)13-11-6-4-5-10(11)7-8-12(13)16-14;1-2/h4,6-8,16H,3,5H2,1-2H3;1-2H3. The fraction of sp³-hybridized carbons (Fsp3) is 0.353. The van der Waals surface area contributed by atoms with E-state index >= 15 is 0 Å². The number of allylic oxidation sites excluding steroid dienone is 1. The zero-order valence-corrected chi connectivity index (χ0v) is 12.5. The first kappa shape index (κ1) is 14.4. The number of aromatic amines is 1. The van der Waals surface area contributed by atoms with Crippen LogP contribution < -0.4 is 0 Å². The van der Waals surface area contributed by atoms with Gasteiger partial charge in [0.05, 0.1) is 6.61 Å². The van der Waals surface area contributed by atoms with Gasteiger partial charge in [-0.2, -0.15) is 0 Å². The number of carbonyl (C=O) groups excluding carboxylic acids is 1. The van der Waals surface area contributed by atoms with Gasteiger partial charge in [0.25, 0.3) is 0 Å². The van der Waals surface area contributed by atoms with Gasteiger partial charge in [-0.1, -0.05) is 32.1 Å². The molecule has 106 valence electrons. The fourth-order valence-corrected chi connectivity index (χ4v) is 2.60. The number of benzene rings is 1. The van der Waals surface area contributed by atoms with E-state index in [9.17, 15) is 4.79 Å². The van der Waals surface area contributed by atoms with Crippen LogP contribution in [0.4, 0.5) is 0 Å². The van der Waals surface area contributed by atoms with Crippen LogP contribution in [-0.2, 0) is 11.2 Å². The average Bonchev–Trinajstić information content (AvgIpc) is 3.05. The van der Waals surface area contributed by atoms with Crippen LogP contribution in [0.5, 0.6) is 0 Å². The number of esters is 1. The molecule has 2 aromatic rings. The average molecular weight is 271 g/mol. The molecule has 0 bridgehead atoms. The Morgan fingerprint density at radius 2 is 2.10 bits per heavy atom. The lowest BCUT2D eigenvalue weighted by molar-refractivity contribution is 0.0520. The van der Waals surface area contributed by atoms with E-state index in [0.29, 0.717) is 12.3 Å². The van der Waals surface area contributed by atoms with Crippen LogP contribution in [0.1, 0.15) is 48.0 Å². The molecule has 1 aliphatic rings. The molecule has 1 aromatic carbocycles. The number of aromatic nitrogens is 1. The highest BCUT2D eigenvalue weighted by atomic mass is 16.5. The second-order valence-corrected chi connectivity index (χ2v) is 4.51. The van der Waals surface area contributed by atoms with E-state index in [1.165, 1.54) is 11.1 Å². The molecule has 1 aromatic heterocycles. The summed E-state index contributed by atoms with van der Waals surface area (Å²) in [4.78, 5) is 15.0. The predicted molar refractivity (Wildman–Crippen MR) is 83.1 cm³/mol. The van der Waals surface area contributed by atoms with Crippen LogP contribution in [0, 0.1) is 6.92 Å². The van der Waals surface area contributed by atoms with Gasteiger partial charge in [0, 0.05) is 10.9 Å². The Labute approximate surface area is 119 Å². The number of hydrogen-bond acceptors (Lipinski definition) is 2. The van der Waals surface area contributed by atoms with Gasteiger partial charge in [-0.25, -0.2) is 4.79 Å². The van der Waals surface area contributed by atoms with Crippen molar-refractivity contribution in [1.29, 1.82) is 0 Å². The van der Waals surface area contributed by atoms with Crippen LogP contribution in [0.25, 0.3) is 17.0 Å². The third-order valence-corrected chi connectivity index (χ3v) is 3.45. The Kier molecular flexibility index (Phi) is 4.28. The third kappa shape index (κ3) is 2.24. The Morgan fingerprint density at radius 1 is 1.35 bits per heavy atom. The Morgan fingerprint density at radius 3 is 2.80 bits per heavy atom. The molecule has 1 heterocycles. The Hall–Kier alpha value is -2.03. The van der Waals surface area contributed by atoms with Gasteiger partial charge >= 0.3 is 5.97 Å². The lowest BCUT2D eigenvalue weighted by Gasteiger charge is -2.02. The molecule has 20 heavy (non-hydrogen) atoms. The number of H-pyrrole nitrogens is 1. The largest absolute Gasteiger partial charge is 0.461 e. The van der Waals surface area contributed by atoms with Crippen molar-refractivity contribution in [2.45, 2.75) is 34.1 Å². The van der Waals surface area contributed by atoms with E-state index in [0.717, 1.165) is 22.9 Å². The second kappa shape index (κ2) is 5.95. The molecular formula is C17H21NO2. The number of hydrogen-bond donors (Lipinski definition) is 1. The van der Waals surface area contributed by atoms with Gasteiger partial charge in [-0.15, -0.1) is 0 Å². The number of aryl methyl sites for hydroxylation is 1. The van der Waals surface area contributed by atoms with Crippen LogP contribution in [0.15, 0.2) is 18.2 Å². The van der Waals surface area contributed by atoms with Crippen molar-refractivity contribution in [1.82, 2.24) is 4.98 Å². The summed E-state index contributed by atoms with van der Waals surface area (Å²) < 4.78 is 5.07. The van der Waals surface area contributed by atoms with Crippen molar-refractivity contribution in [3.8, 4) is 0 Å². The molecular weight excluding hydrogens is 250 g/mol. The Bertz CT molecular complexity index is 665. The van der Waals surface area contributed by atoms with E-state index in [1.807, 2.05) is 33.8 Å². The van der Waals surface area contributed by atoms with Crippen LogP contribution in [-0.4, -0.2) is 17.6 Å². The van der Waals surface area contributed by atoms with Gasteiger partial charge in [-0.3, -0.25) is 0 Å². The molecule has 0 fully saturated rings. The molecule has 3 nitrogen and oxygen atoms in total. The topological polar surface area (TPSA) is 42.1 Å². The normalized spacial score (nSPS) is 12.0. The minimum absolute atomic E-state index is 0.276. The van der Waals surface area contributed by atoms with Crippen molar-refractivity contribution in [3.63, 3.8) is 0 Å². The molecule has 0 aliphatic heterocycles. The monoisotopic (exact) mass is 271 g/mol. The van der Waals surface area contributed by atoms with Crippen molar-refractivity contribution in [3.05, 3.63) is 40.6 Å². The predicted octanol–water partition coefficient (Wildman–Crippen LogP) is 4.25. The molecule has 0 unspecified atom stereocenters. The smallest absolute Gasteiger partial charge is 0.355 e. The summed E-state index contributed by atoms with van der Waals surface area (Å²) in [5.74, 6) is -0.276. The van der Waals surface area contributed by atoms with E-state index in [2.05, 4.69) is 23.2 Å². The summed E-state index contributed by atoms with van der Waals surface area (Å²) in [6, 6.07) is 4.15. The first-order chi connectivity index (χ1) is 9.72. The van der Waals surface area contributed by atoms with Crippen molar-refractivity contribution in [2.24, 2.45) is 0 Å². The SMILES string of the molecule is CC.CCOC(=O)c1[nH]c2ccc3c(c2c1C)C=CC3. The molecule has 1 aliphatic carbocycles. The first-order valence-corrected chi connectivity index (χ1v) is 7.20. The van der Waals surface area contributed by atoms with Crippen molar-refractivity contribution in [2.75, 3.05) is 6.61 Å². The number of carbonyl (C=O) groups is 1. The molecule has 3 rings (SSSR count). The molecule has 0 radical (unpaired) electrons. The number of rotatable bonds is 2. The summed E-state index contributed by atoms with van der Waals surface area (Å²) in [6.45, 7) is 8.18. The fourth-order valence-electron chi connectivity index (χ4n) is 2.60. The molecule has 0 atom stereocenters. The zero-order valence-electron chi connectivity index (χ0n) is 12.5. The lowest BCUT2D eigenvalue weighted by Crippen LogP contribution is -2.06. The van der Waals surface area contributed by atoms with E-state index in [4.69, 9.17) is 4.74 Å². The maximum atomic E-state index is 11.9. The lowest BCUT2D eigenvalue weighted by atomic mass is 10.0. The van der Waals surface area contributed by atoms with E-state index in [1.54, 1.807) is 0 Å². The summed E-state index contributed by atoms with van der Waals surface area (Å²) in [7, 11) is 0. The highest BCUT2D eigenvalue weighted by Crippen LogP contribution is 2.32. The van der Waals surface area contributed by atoms with E-state index in [-0.39, 0.29) is 5.97 Å². The highest BCUT2D eigenvalue weighted by Gasteiger charge is 2.19. The molecule has 0 amide bonds. The summed E-state index contributed by atoms with van der Waals surface area (Å²) in [6.07, 6.45) is 5.26. The Balaban J connectivity index is 0.000000704. The summed E-state index contributed by atoms with van der Waals surface area (Å²) in [5.41, 5.74) is 5.10. The van der Waals surface area contributed by atoms with Crippen molar-refractivity contribution < 1.29 is 9.53 Å². The van der Waals surface area contributed by atoms with Crippen LogP contribution in [0.2, 0.25) is 0 Å². The van der Waals surface area contributed by atoms with Gasteiger partial charge in [-0.05, 0) is 43.0 Å². The molecule has 1 N–H and O–H groups in total. The maximum Gasteiger partial charge on any atom is 0.355 e. The van der Waals surface area contributed by atoms with Gasteiger partial charge < -0.3 is 9.72 Å². The second-order valence-electron chi connectivity index (χ2n) is 4.51. The third-order valence-electron chi connectivity index (χ3n) is 3.45.